The Bertz CT molecular complexity index is 296. The van der Waals surface area contributed by atoms with Gasteiger partial charge in [-0.2, -0.15) is 0 Å². The van der Waals surface area contributed by atoms with E-state index in [0.717, 1.165) is 23.8 Å². The smallest absolute Gasteiger partial charge is 0.0407 e. The standard InChI is InChI=1S/C14H23ClN2/c1-12(2)16-10-4-3-5-11-17-14-8-6-13(15)7-9-14/h6-9,12,16-17H,3-5,10-11H2,1-2H3. The van der Waals surface area contributed by atoms with Gasteiger partial charge in [-0.1, -0.05) is 31.9 Å². The lowest BCUT2D eigenvalue weighted by Gasteiger charge is -2.08. The molecule has 0 atom stereocenters. The Morgan fingerprint density at radius 2 is 1.65 bits per heavy atom. The van der Waals surface area contributed by atoms with Crippen molar-refractivity contribution in [1.29, 1.82) is 0 Å². The zero-order chi connectivity index (χ0) is 12.5. The van der Waals surface area contributed by atoms with Gasteiger partial charge in [0.2, 0.25) is 0 Å². The number of hydrogen-bond acceptors (Lipinski definition) is 2. The van der Waals surface area contributed by atoms with Crippen LogP contribution in [0.15, 0.2) is 24.3 Å². The van der Waals surface area contributed by atoms with Gasteiger partial charge in [-0.3, -0.25) is 0 Å². The highest BCUT2D eigenvalue weighted by molar-refractivity contribution is 6.30. The number of rotatable bonds is 8. The lowest BCUT2D eigenvalue weighted by molar-refractivity contribution is 0.552. The third-order valence-corrected chi connectivity index (χ3v) is 2.83. The molecule has 96 valence electrons. The third kappa shape index (κ3) is 7.24. The first-order valence-corrected chi connectivity index (χ1v) is 6.79. The van der Waals surface area contributed by atoms with Gasteiger partial charge < -0.3 is 10.6 Å². The molecular formula is C14H23ClN2. The molecule has 0 aliphatic rings. The number of anilines is 1. The summed E-state index contributed by atoms with van der Waals surface area (Å²) in [6.45, 7) is 6.52. The number of unbranched alkanes of at least 4 members (excludes halogenated alkanes) is 2. The largest absolute Gasteiger partial charge is 0.385 e. The molecule has 0 aromatic heterocycles. The van der Waals surface area contributed by atoms with Crippen LogP contribution >= 0.6 is 11.6 Å². The van der Waals surface area contributed by atoms with E-state index in [1.807, 2.05) is 24.3 Å². The molecule has 0 aliphatic carbocycles. The molecule has 0 unspecified atom stereocenters. The van der Waals surface area contributed by atoms with Crippen molar-refractivity contribution in [3.63, 3.8) is 0 Å². The number of nitrogens with one attached hydrogen (secondary N) is 2. The summed E-state index contributed by atoms with van der Waals surface area (Å²) in [4.78, 5) is 0. The van der Waals surface area contributed by atoms with Crippen molar-refractivity contribution in [2.24, 2.45) is 0 Å². The normalized spacial score (nSPS) is 10.8. The average molecular weight is 255 g/mol. The molecule has 0 heterocycles. The second-order valence-electron chi connectivity index (χ2n) is 4.60. The monoisotopic (exact) mass is 254 g/mol. The molecule has 0 bridgehead atoms. The van der Waals surface area contributed by atoms with E-state index < -0.39 is 0 Å². The molecule has 0 fully saturated rings. The van der Waals surface area contributed by atoms with Crippen LogP contribution in [0.5, 0.6) is 0 Å². The molecule has 0 saturated heterocycles. The van der Waals surface area contributed by atoms with Gasteiger partial charge in [-0.05, 0) is 43.7 Å². The van der Waals surface area contributed by atoms with Crippen molar-refractivity contribution < 1.29 is 0 Å². The molecule has 2 N–H and O–H groups in total. The fourth-order valence-corrected chi connectivity index (χ4v) is 1.74. The zero-order valence-corrected chi connectivity index (χ0v) is 11.6. The first-order chi connectivity index (χ1) is 8.18. The van der Waals surface area contributed by atoms with Crippen LogP contribution in [0.4, 0.5) is 5.69 Å². The van der Waals surface area contributed by atoms with Crippen LogP contribution in [0.1, 0.15) is 33.1 Å². The number of halogens is 1. The summed E-state index contributed by atoms with van der Waals surface area (Å²) in [6.07, 6.45) is 3.73. The van der Waals surface area contributed by atoms with Gasteiger partial charge in [0, 0.05) is 23.3 Å². The highest BCUT2D eigenvalue weighted by atomic mass is 35.5. The van der Waals surface area contributed by atoms with E-state index in [1.165, 1.54) is 19.3 Å². The summed E-state index contributed by atoms with van der Waals surface area (Å²) < 4.78 is 0. The molecule has 3 heteroatoms. The van der Waals surface area contributed by atoms with Crippen LogP contribution in [0.3, 0.4) is 0 Å². The van der Waals surface area contributed by atoms with Gasteiger partial charge in [0.15, 0.2) is 0 Å². The minimum Gasteiger partial charge on any atom is -0.385 e. The summed E-state index contributed by atoms with van der Waals surface area (Å²) in [5.41, 5.74) is 1.15. The second kappa shape index (κ2) is 8.37. The van der Waals surface area contributed by atoms with Gasteiger partial charge in [0.05, 0.1) is 0 Å². The quantitative estimate of drug-likeness (QED) is 0.687. The number of hydrogen-bond donors (Lipinski definition) is 2. The molecule has 0 saturated carbocycles. The third-order valence-electron chi connectivity index (χ3n) is 2.58. The highest BCUT2D eigenvalue weighted by Gasteiger charge is 1.94. The SMILES string of the molecule is CC(C)NCCCCCNc1ccc(Cl)cc1. The number of benzene rings is 1. The van der Waals surface area contributed by atoms with Crippen LogP contribution in [0.2, 0.25) is 5.02 Å². The van der Waals surface area contributed by atoms with Gasteiger partial charge in [0.25, 0.3) is 0 Å². The van der Waals surface area contributed by atoms with Crippen molar-refractivity contribution in [2.75, 3.05) is 18.4 Å². The molecule has 2 nitrogen and oxygen atoms in total. The molecular weight excluding hydrogens is 232 g/mol. The van der Waals surface area contributed by atoms with Gasteiger partial charge in [-0.25, -0.2) is 0 Å². The Balaban J connectivity index is 1.99. The minimum absolute atomic E-state index is 0.599. The fourth-order valence-electron chi connectivity index (χ4n) is 1.62. The van der Waals surface area contributed by atoms with Crippen LogP contribution in [-0.2, 0) is 0 Å². The maximum Gasteiger partial charge on any atom is 0.0407 e. The van der Waals surface area contributed by atoms with Crippen molar-refractivity contribution in [3.8, 4) is 0 Å². The Kier molecular flexibility index (Phi) is 7.06. The summed E-state index contributed by atoms with van der Waals surface area (Å²) in [5.74, 6) is 0. The van der Waals surface area contributed by atoms with Gasteiger partial charge in [0.1, 0.15) is 0 Å². The van der Waals surface area contributed by atoms with E-state index in [1.54, 1.807) is 0 Å². The maximum atomic E-state index is 5.82. The first-order valence-electron chi connectivity index (χ1n) is 6.41. The zero-order valence-electron chi connectivity index (χ0n) is 10.8. The van der Waals surface area contributed by atoms with Crippen LogP contribution in [0.25, 0.3) is 0 Å². The summed E-state index contributed by atoms with van der Waals surface area (Å²) >= 11 is 5.82. The molecule has 0 radical (unpaired) electrons. The van der Waals surface area contributed by atoms with Crippen molar-refractivity contribution in [3.05, 3.63) is 29.3 Å². The molecule has 0 amide bonds. The Hall–Kier alpha value is -0.730. The van der Waals surface area contributed by atoms with Crippen molar-refractivity contribution in [1.82, 2.24) is 5.32 Å². The van der Waals surface area contributed by atoms with E-state index in [2.05, 4.69) is 24.5 Å². The van der Waals surface area contributed by atoms with E-state index in [4.69, 9.17) is 11.6 Å². The summed E-state index contributed by atoms with van der Waals surface area (Å²) in [5, 5.41) is 7.61. The average Bonchev–Trinajstić information content (AvgIpc) is 2.30. The van der Waals surface area contributed by atoms with Gasteiger partial charge in [-0.15, -0.1) is 0 Å². The summed E-state index contributed by atoms with van der Waals surface area (Å²) in [6, 6.07) is 8.46. The van der Waals surface area contributed by atoms with Gasteiger partial charge >= 0.3 is 0 Å². The molecule has 0 aliphatic heterocycles. The highest BCUT2D eigenvalue weighted by Crippen LogP contribution is 2.13. The van der Waals surface area contributed by atoms with Crippen molar-refractivity contribution >= 4 is 17.3 Å². The Morgan fingerprint density at radius 1 is 1.00 bits per heavy atom. The Morgan fingerprint density at radius 3 is 2.29 bits per heavy atom. The maximum absolute atomic E-state index is 5.82. The molecule has 1 aromatic carbocycles. The van der Waals surface area contributed by atoms with E-state index >= 15 is 0 Å². The van der Waals surface area contributed by atoms with Crippen LogP contribution in [-0.4, -0.2) is 19.1 Å². The molecule has 1 rings (SSSR count). The molecule has 17 heavy (non-hydrogen) atoms. The van der Waals surface area contributed by atoms with E-state index in [-0.39, 0.29) is 0 Å². The molecule has 0 spiro atoms. The predicted octanol–water partition coefficient (Wildman–Crippen LogP) is 3.92. The lowest BCUT2D eigenvalue weighted by atomic mass is 10.2. The minimum atomic E-state index is 0.599. The first kappa shape index (κ1) is 14.3. The predicted molar refractivity (Wildman–Crippen MR) is 76.9 cm³/mol. The van der Waals surface area contributed by atoms with Crippen LogP contribution < -0.4 is 10.6 Å². The van der Waals surface area contributed by atoms with Crippen molar-refractivity contribution in [2.45, 2.75) is 39.2 Å². The Labute approximate surface area is 110 Å². The van der Waals surface area contributed by atoms with E-state index in [9.17, 15) is 0 Å². The topological polar surface area (TPSA) is 24.1 Å². The molecule has 1 aromatic rings. The van der Waals surface area contributed by atoms with Crippen LogP contribution in [0, 0.1) is 0 Å². The van der Waals surface area contributed by atoms with E-state index in [0.29, 0.717) is 6.04 Å². The fraction of sp³-hybridized carbons (Fsp3) is 0.571. The summed E-state index contributed by atoms with van der Waals surface area (Å²) in [7, 11) is 0. The second-order valence-corrected chi connectivity index (χ2v) is 5.04. The lowest BCUT2D eigenvalue weighted by Crippen LogP contribution is -2.23.